The number of piperidine rings is 1. The summed E-state index contributed by atoms with van der Waals surface area (Å²) in [6.45, 7) is 3.52. The van der Waals surface area contributed by atoms with Crippen LogP contribution in [0.25, 0.3) is 0 Å². The Hall–Kier alpha value is -2.32. The third-order valence-corrected chi connectivity index (χ3v) is 5.87. The van der Waals surface area contributed by atoms with E-state index in [-0.39, 0.29) is 42.9 Å². The minimum Gasteiger partial charge on any atom is -0.450 e. The number of hydrogen-bond acceptors (Lipinski definition) is 5. The van der Waals surface area contributed by atoms with Crippen molar-refractivity contribution in [2.75, 3.05) is 26.2 Å². The van der Waals surface area contributed by atoms with Crippen molar-refractivity contribution in [1.82, 2.24) is 20.4 Å². The van der Waals surface area contributed by atoms with Gasteiger partial charge in [0.15, 0.2) is 0 Å². The molecule has 2 aliphatic heterocycles. The van der Waals surface area contributed by atoms with E-state index < -0.39 is 5.54 Å². The van der Waals surface area contributed by atoms with Gasteiger partial charge in [-0.25, -0.2) is 9.59 Å². The van der Waals surface area contributed by atoms with Crippen LogP contribution in [0.3, 0.4) is 0 Å². The number of hydrogen-bond donors (Lipinski definition) is 2. The average Bonchev–Trinajstić information content (AvgIpc) is 3.23. The van der Waals surface area contributed by atoms with Crippen LogP contribution in [0.2, 0.25) is 0 Å². The van der Waals surface area contributed by atoms with Gasteiger partial charge in [-0.3, -0.25) is 14.5 Å². The molecule has 28 heavy (non-hydrogen) atoms. The summed E-state index contributed by atoms with van der Waals surface area (Å²) in [5.74, 6) is -0.223. The molecule has 3 rings (SSSR count). The third-order valence-electron chi connectivity index (χ3n) is 5.87. The largest absolute Gasteiger partial charge is 0.450 e. The Kier molecular flexibility index (Phi) is 6.41. The molecule has 3 fully saturated rings. The van der Waals surface area contributed by atoms with Crippen LogP contribution in [-0.4, -0.2) is 71.6 Å². The molecular formula is C19H30N4O5. The van der Waals surface area contributed by atoms with E-state index in [2.05, 4.69) is 10.6 Å². The number of ether oxygens (including phenoxy) is 1. The van der Waals surface area contributed by atoms with Gasteiger partial charge in [0.1, 0.15) is 5.54 Å². The highest BCUT2D eigenvalue weighted by atomic mass is 16.6. The van der Waals surface area contributed by atoms with Crippen molar-refractivity contribution >= 4 is 23.9 Å². The summed E-state index contributed by atoms with van der Waals surface area (Å²) >= 11 is 0. The van der Waals surface area contributed by atoms with E-state index in [1.807, 2.05) is 0 Å². The fraction of sp³-hybridized carbons (Fsp3) is 0.789. The topological polar surface area (TPSA) is 108 Å². The Morgan fingerprint density at radius 1 is 1.21 bits per heavy atom. The molecule has 156 valence electrons. The fourth-order valence-corrected chi connectivity index (χ4v) is 4.32. The summed E-state index contributed by atoms with van der Waals surface area (Å²) in [4.78, 5) is 51.5. The number of likely N-dealkylation sites (tertiary alicyclic amines) is 1. The third kappa shape index (κ3) is 4.39. The number of nitrogens with zero attached hydrogens (tertiary/aromatic N) is 2. The van der Waals surface area contributed by atoms with Gasteiger partial charge >= 0.3 is 12.1 Å². The van der Waals surface area contributed by atoms with Crippen molar-refractivity contribution in [2.24, 2.45) is 0 Å². The van der Waals surface area contributed by atoms with E-state index in [9.17, 15) is 19.2 Å². The number of rotatable bonds is 6. The fourth-order valence-electron chi connectivity index (χ4n) is 4.32. The van der Waals surface area contributed by atoms with Crippen LogP contribution >= 0.6 is 0 Å². The highest BCUT2D eigenvalue weighted by Gasteiger charge is 2.52. The Morgan fingerprint density at radius 3 is 2.54 bits per heavy atom. The van der Waals surface area contributed by atoms with Gasteiger partial charge in [0.05, 0.1) is 6.61 Å². The number of urea groups is 1. The van der Waals surface area contributed by atoms with Crippen LogP contribution in [0.1, 0.15) is 58.3 Å². The van der Waals surface area contributed by atoms with E-state index in [0.717, 1.165) is 12.8 Å². The van der Waals surface area contributed by atoms with Crippen molar-refractivity contribution < 1.29 is 23.9 Å². The quantitative estimate of drug-likeness (QED) is 0.662. The Labute approximate surface area is 165 Å². The van der Waals surface area contributed by atoms with Gasteiger partial charge in [0, 0.05) is 32.1 Å². The van der Waals surface area contributed by atoms with E-state index >= 15 is 0 Å². The van der Waals surface area contributed by atoms with Crippen LogP contribution in [0.5, 0.6) is 0 Å². The highest BCUT2D eigenvalue weighted by molar-refractivity contribution is 6.07. The molecule has 0 bridgehead atoms. The van der Waals surface area contributed by atoms with E-state index in [1.165, 1.54) is 4.90 Å². The second-order valence-corrected chi connectivity index (χ2v) is 7.81. The summed E-state index contributed by atoms with van der Waals surface area (Å²) in [5.41, 5.74) is -0.688. The molecule has 0 radical (unpaired) electrons. The van der Waals surface area contributed by atoms with Crippen molar-refractivity contribution in [2.45, 2.75) is 69.9 Å². The van der Waals surface area contributed by atoms with Crippen molar-refractivity contribution in [3.05, 3.63) is 0 Å². The van der Waals surface area contributed by atoms with E-state index in [0.29, 0.717) is 51.8 Å². The Bertz CT molecular complexity index is 624. The molecule has 5 amide bonds. The molecule has 1 spiro atoms. The first-order chi connectivity index (χ1) is 13.4. The van der Waals surface area contributed by atoms with Crippen LogP contribution in [0.15, 0.2) is 0 Å². The number of amides is 5. The molecule has 1 aliphatic carbocycles. The molecule has 0 aromatic rings. The number of carbonyl (C=O) groups excluding carboxylic acids is 4. The summed E-state index contributed by atoms with van der Waals surface area (Å²) in [6.07, 6.45) is 5.12. The molecule has 2 N–H and O–H groups in total. The molecule has 9 nitrogen and oxygen atoms in total. The lowest BCUT2D eigenvalue weighted by molar-refractivity contribution is -0.131. The van der Waals surface area contributed by atoms with Crippen LogP contribution in [-0.2, 0) is 14.3 Å². The molecule has 0 aromatic carbocycles. The van der Waals surface area contributed by atoms with Gasteiger partial charge in [-0.15, -0.1) is 0 Å². The van der Waals surface area contributed by atoms with Crippen molar-refractivity contribution in [1.29, 1.82) is 0 Å². The summed E-state index contributed by atoms with van der Waals surface area (Å²) in [7, 11) is 0. The predicted octanol–water partition coefficient (Wildman–Crippen LogP) is 1.37. The van der Waals surface area contributed by atoms with Gasteiger partial charge in [-0.05, 0) is 39.0 Å². The van der Waals surface area contributed by atoms with Crippen molar-refractivity contribution in [3.63, 3.8) is 0 Å². The maximum atomic E-state index is 12.6. The minimum atomic E-state index is -0.688. The first kappa shape index (κ1) is 20.4. The zero-order valence-electron chi connectivity index (χ0n) is 16.5. The number of carbonyl (C=O) groups is 4. The average molecular weight is 394 g/mol. The second-order valence-electron chi connectivity index (χ2n) is 7.81. The smallest absolute Gasteiger partial charge is 0.409 e. The maximum Gasteiger partial charge on any atom is 0.409 e. The molecule has 1 saturated carbocycles. The molecule has 2 heterocycles. The van der Waals surface area contributed by atoms with Crippen LogP contribution in [0, 0.1) is 0 Å². The first-order valence-electron chi connectivity index (χ1n) is 10.3. The normalized spacial score (nSPS) is 21.9. The maximum absolute atomic E-state index is 12.6. The van der Waals surface area contributed by atoms with Crippen LogP contribution in [0.4, 0.5) is 9.59 Å². The lowest BCUT2D eigenvalue weighted by atomic mass is 9.98. The van der Waals surface area contributed by atoms with Crippen LogP contribution < -0.4 is 10.6 Å². The molecule has 0 unspecified atom stereocenters. The monoisotopic (exact) mass is 394 g/mol. The summed E-state index contributed by atoms with van der Waals surface area (Å²) in [5, 5.41) is 5.83. The lowest BCUT2D eigenvalue weighted by Crippen LogP contribution is -2.46. The van der Waals surface area contributed by atoms with Gasteiger partial charge < -0.3 is 20.3 Å². The SMILES string of the molecule is CCOC(=O)N1CCC(NC(=O)CCCN2C(=O)NC3(CCCC3)C2=O)CC1. The van der Waals surface area contributed by atoms with E-state index in [1.54, 1.807) is 11.8 Å². The molecular weight excluding hydrogens is 364 g/mol. The Morgan fingerprint density at radius 2 is 1.89 bits per heavy atom. The predicted molar refractivity (Wildman–Crippen MR) is 100 cm³/mol. The summed E-state index contributed by atoms with van der Waals surface area (Å²) < 4.78 is 4.99. The first-order valence-corrected chi connectivity index (χ1v) is 10.3. The van der Waals surface area contributed by atoms with Gasteiger partial charge in [-0.1, -0.05) is 12.8 Å². The number of imide groups is 1. The van der Waals surface area contributed by atoms with Gasteiger partial charge in [0.25, 0.3) is 5.91 Å². The van der Waals surface area contributed by atoms with Gasteiger partial charge in [-0.2, -0.15) is 0 Å². The molecule has 9 heteroatoms. The van der Waals surface area contributed by atoms with Crippen molar-refractivity contribution in [3.8, 4) is 0 Å². The summed E-state index contributed by atoms with van der Waals surface area (Å²) in [6, 6.07) is -0.296. The molecule has 3 aliphatic rings. The Balaban J connectivity index is 1.36. The zero-order chi connectivity index (χ0) is 20.1. The lowest BCUT2D eigenvalue weighted by Gasteiger charge is -2.31. The van der Waals surface area contributed by atoms with E-state index in [4.69, 9.17) is 4.74 Å². The zero-order valence-corrected chi connectivity index (χ0v) is 16.5. The standard InChI is InChI=1S/C19H30N4O5/c1-2-28-18(27)22-12-7-14(8-13-22)20-15(24)6-5-11-23-16(25)19(21-17(23)26)9-3-4-10-19/h14H,2-13H2,1H3,(H,20,24)(H,21,26). The minimum absolute atomic E-state index is 0.0386. The second kappa shape index (κ2) is 8.79. The highest BCUT2D eigenvalue weighted by Crippen LogP contribution is 2.35. The molecule has 0 atom stereocenters. The molecule has 2 saturated heterocycles. The molecule has 0 aromatic heterocycles. The van der Waals surface area contributed by atoms with Gasteiger partial charge in [0.2, 0.25) is 5.91 Å². The number of nitrogens with one attached hydrogen (secondary N) is 2.